The van der Waals surface area contributed by atoms with Crippen molar-refractivity contribution in [2.24, 2.45) is 17.6 Å². The van der Waals surface area contributed by atoms with Crippen molar-refractivity contribution in [3.8, 4) is 0 Å². The summed E-state index contributed by atoms with van der Waals surface area (Å²) in [7, 11) is 0. The molecule has 8 heteroatoms. The number of hydrogen-bond acceptors (Lipinski definition) is 4. The predicted molar refractivity (Wildman–Crippen MR) is 111 cm³/mol. The number of fused-ring (bicyclic) bond motifs is 2. The molecule has 1 aliphatic carbocycles. The molecule has 1 aromatic carbocycles. The first-order valence-corrected chi connectivity index (χ1v) is 10.8. The van der Waals surface area contributed by atoms with E-state index in [1.54, 1.807) is 6.07 Å². The molecule has 2 heterocycles. The van der Waals surface area contributed by atoms with Gasteiger partial charge in [0.25, 0.3) is 0 Å². The molecule has 1 saturated carbocycles. The number of nitrogens with zero attached hydrogens (tertiary/aromatic N) is 1. The SMILES string of the molecule is C[C@H]1CC[C@H](C(N)C(=O)Nc2cc(F)c3c(c2)N(C(=O)O)CC32CCOCC2)CC1. The molecule has 1 saturated heterocycles. The van der Waals surface area contributed by atoms with Crippen LogP contribution in [0.2, 0.25) is 0 Å². The first kappa shape index (κ1) is 21.1. The summed E-state index contributed by atoms with van der Waals surface area (Å²) in [5, 5.41) is 12.4. The van der Waals surface area contributed by atoms with Gasteiger partial charge in [-0.1, -0.05) is 19.8 Å². The number of carboxylic acid groups (broad SMARTS) is 1. The number of halogens is 1. The van der Waals surface area contributed by atoms with Crippen LogP contribution in [0.3, 0.4) is 0 Å². The van der Waals surface area contributed by atoms with Crippen molar-refractivity contribution >= 4 is 23.4 Å². The Labute approximate surface area is 175 Å². The number of ether oxygens (including phenoxy) is 1. The topological polar surface area (TPSA) is 105 Å². The van der Waals surface area contributed by atoms with Gasteiger partial charge in [0, 0.05) is 36.4 Å². The Kier molecular flexibility index (Phi) is 5.72. The third-order valence-electron chi connectivity index (χ3n) is 7.17. The van der Waals surface area contributed by atoms with Gasteiger partial charge in [-0.25, -0.2) is 9.18 Å². The van der Waals surface area contributed by atoms with E-state index < -0.39 is 23.4 Å². The van der Waals surface area contributed by atoms with Crippen LogP contribution in [0.25, 0.3) is 0 Å². The Hall–Kier alpha value is -2.19. The third-order valence-corrected chi connectivity index (χ3v) is 7.17. The summed E-state index contributed by atoms with van der Waals surface area (Å²) < 4.78 is 20.6. The van der Waals surface area contributed by atoms with Gasteiger partial charge < -0.3 is 20.9 Å². The van der Waals surface area contributed by atoms with Crippen LogP contribution in [0.15, 0.2) is 12.1 Å². The van der Waals surface area contributed by atoms with E-state index in [4.69, 9.17) is 10.5 Å². The molecule has 4 N–H and O–H groups in total. The molecule has 1 aromatic rings. The standard InChI is InChI=1S/C22H30FN3O4/c1-13-2-4-14(5-3-13)19(24)20(27)25-15-10-16(23)18-17(11-15)26(21(28)29)12-22(18)6-8-30-9-7-22/h10-11,13-14,19H,2-9,12,24H2,1H3,(H,25,27)(H,28,29)/t13-,14-,19?. The molecular weight excluding hydrogens is 389 g/mol. The Morgan fingerprint density at radius 2 is 1.93 bits per heavy atom. The van der Waals surface area contributed by atoms with Gasteiger partial charge in [0.05, 0.1) is 11.7 Å². The molecule has 2 fully saturated rings. The summed E-state index contributed by atoms with van der Waals surface area (Å²) in [6.45, 7) is 3.35. The minimum absolute atomic E-state index is 0.113. The van der Waals surface area contributed by atoms with Crippen molar-refractivity contribution in [2.45, 2.75) is 56.9 Å². The second-order valence-corrected chi connectivity index (χ2v) is 9.15. The Morgan fingerprint density at radius 1 is 1.27 bits per heavy atom. The fourth-order valence-corrected chi connectivity index (χ4v) is 5.29. The lowest BCUT2D eigenvalue weighted by atomic mass is 9.75. The van der Waals surface area contributed by atoms with Crippen LogP contribution in [0.4, 0.5) is 20.6 Å². The Morgan fingerprint density at radius 3 is 2.57 bits per heavy atom. The minimum atomic E-state index is -1.13. The minimum Gasteiger partial charge on any atom is -0.465 e. The maximum atomic E-state index is 15.2. The number of carbonyl (C=O) groups is 2. The second-order valence-electron chi connectivity index (χ2n) is 9.15. The van der Waals surface area contributed by atoms with Crippen molar-refractivity contribution in [2.75, 3.05) is 30.0 Å². The Bertz CT molecular complexity index is 832. The second kappa shape index (κ2) is 8.15. The highest BCUT2D eigenvalue weighted by Crippen LogP contribution is 2.49. The number of amides is 2. The maximum Gasteiger partial charge on any atom is 0.411 e. The van der Waals surface area contributed by atoms with Crippen molar-refractivity contribution in [3.05, 3.63) is 23.5 Å². The molecule has 0 aromatic heterocycles. The van der Waals surface area contributed by atoms with Crippen molar-refractivity contribution in [1.29, 1.82) is 0 Å². The summed E-state index contributed by atoms with van der Waals surface area (Å²) in [4.78, 5) is 25.7. The van der Waals surface area contributed by atoms with Crippen molar-refractivity contribution in [1.82, 2.24) is 0 Å². The highest BCUT2D eigenvalue weighted by Gasteiger charge is 2.48. The molecule has 1 atom stereocenters. The highest BCUT2D eigenvalue weighted by molar-refractivity contribution is 5.97. The van der Waals surface area contributed by atoms with Gasteiger partial charge >= 0.3 is 6.09 Å². The number of carbonyl (C=O) groups excluding carboxylic acids is 1. The smallest absolute Gasteiger partial charge is 0.411 e. The molecule has 4 rings (SSSR count). The summed E-state index contributed by atoms with van der Waals surface area (Å²) in [6, 6.07) is 2.19. The van der Waals surface area contributed by atoms with Gasteiger partial charge in [0.15, 0.2) is 0 Å². The van der Waals surface area contributed by atoms with E-state index in [0.29, 0.717) is 43.2 Å². The van der Waals surface area contributed by atoms with Crippen LogP contribution < -0.4 is 16.0 Å². The fourth-order valence-electron chi connectivity index (χ4n) is 5.29. The van der Waals surface area contributed by atoms with Crippen LogP contribution in [0.1, 0.15) is 51.0 Å². The van der Waals surface area contributed by atoms with Gasteiger partial charge in [-0.15, -0.1) is 0 Å². The zero-order valence-electron chi connectivity index (χ0n) is 17.3. The maximum absolute atomic E-state index is 15.2. The van der Waals surface area contributed by atoms with E-state index in [-0.39, 0.29) is 24.1 Å². The first-order chi connectivity index (χ1) is 14.3. The first-order valence-electron chi connectivity index (χ1n) is 10.8. The molecule has 30 heavy (non-hydrogen) atoms. The number of anilines is 2. The van der Waals surface area contributed by atoms with Crippen LogP contribution in [-0.2, 0) is 14.9 Å². The predicted octanol–water partition coefficient (Wildman–Crippen LogP) is 3.46. The monoisotopic (exact) mass is 419 g/mol. The van der Waals surface area contributed by atoms with E-state index >= 15 is 4.39 Å². The summed E-state index contributed by atoms with van der Waals surface area (Å²) in [5.41, 5.74) is 6.58. The molecule has 164 valence electrons. The van der Waals surface area contributed by atoms with Crippen LogP contribution in [-0.4, -0.2) is 42.9 Å². The number of nitrogens with one attached hydrogen (secondary N) is 1. The van der Waals surface area contributed by atoms with Crippen LogP contribution in [0, 0.1) is 17.7 Å². The summed E-state index contributed by atoms with van der Waals surface area (Å²) in [6.07, 6.45) is 3.93. The zero-order chi connectivity index (χ0) is 21.5. The van der Waals surface area contributed by atoms with Gasteiger partial charge in [0.2, 0.25) is 5.91 Å². The number of rotatable bonds is 3. The van der Waals surface area contributed by atoms with E-state index in [1.165, 1.54) is 11.0 Å². The van der Waals surface area contributed by atoms with Crippen LogP contribution >= 0.6 is 0 Å². The largest absolute Gasteiger partial charge is 0.465 e. The summed E-state index contributed by atoms with van der Waals surface area (Å²) in [5.74, 6) is -0.0774. The molecule has 1 unspecified atom stereocenters. The van der Waals surface area contributed by atoms with E-state index in [2.05, 4.69) is 12.2 Å². The molecule has 2 amide bonds. The Balaban J connectivity index is 1.57. The molecular formula is C22H30FN3O4. The van der Waals surface area contributed by atoms with E-state index in [9.17, 15) is 14.7 Å². The molecule has 3 aliphatic rings. The molecule has 1 spiro atoms. The lowest BCUT2D eigenvalue weighted by Crippen LogP contribution is -2.43. The average Bonchev–Trinajstić information content (AvgIpc) is 3.03. The molecule has 7 nitrogen and oxygen atoms in total. The average molecular weight is 419 g/mol. The fraction of sp³-hybridized carbons (Fsp3) is 0.636. The van der Waals surface area contributed by atoms with E-state index in [0.717, 1.165) is 25.7 Å². The van der Waals surface area contributed by atoms with E-state index in [1.807, 2.05) is 0 Å². The van der Waals surface area contributed by atoms with Crippen molar-refractivity contribution < 1.29 is 23.8 Å². The quantitative estimate of drug-likeness (QED) is 0.696. The van der Waals surface area contributed by atoms with Gasteiger partial charge in [0.1, 0.15) is 5.82 Å². The molecule has 2 aliphatic heterocycles. The van der Waals surface area contributed by atoms with Crippen molar-refractivity contribution in [3.63, 3.8) is 0 Å². The van der Waals surface area contributed by atoms with Gasteiger partial charge in [-0.3, -0.25) is 9.69 Å². The summed E-state index contributed by atoms with van der Waals surface area (Å²) >= 11 is 0. The van der Waals surface area contributed by atoms with Gasteiger partial charge in [-0.2, -0.15) is 0 Å². The number of hydrogen-bond donors (Lipinski definition) is 3. The number of nitrogens with two attached hydrogens (primary N) is 1. The van der Waals surface area contributed by atoms with Gasteiger partial charge in [-0.05, 0) is 49.7 Å². The lowest BCUT2D eigenvalue weighted by molar-refractivity contribution is -0.118. The number of benzene rings is 1. The van der Waals surface area contributed by atoms with Crippen LogP contribution in [0.5, 0.6) is 0 Å². The normalized spacial score (nSPS) is 26.3. The third kappa shape index (κ3) is 3.78. The molecule has 0 radical (unpaired) electrons. The highest BCUT2D eigenvalue weighted by atomic mass is 19.1. The molecule has 0 bridgehead atoms. The zero-order valence-corrected chi connectivity index (χ0v) is 17.3. The lowest BCUT2D eigenvalue weighted by Gasteiger charge is -2.34.